The number of nitrogens with zero attached hydrogens (tertiary/aromatic N) is 3. The third kappa shape index (κ3) is 2.74. The lowest BCUT2D eigenvalue weighted by Gasteiger charge is -2.01. The molecule has 3 heterocycles. The first-order valence-corrected chi connectivity index (χ1v) is 8.42. The summed E-state index contributed by atoms with van der Waals surface area (Å²) >= 11 is 1.53. The summed E-state index contributed by atoms with van der Waals surface area (Å²) < 4.78 is 18.0. The molecule has 0 bridgehead atoms. The Bertz CT molecular complexity index is 938. The summed E-state index contributed by atoms with van der Waals surface area (Å²) in [5.74, 6) is 2.25. The van der Waals surface area contributed by atoms with Crippen molar-refractivity contribution < 1.29 is 13.9 Å². The van der Waals surface area contributed by atoms with Crippen molar-refractivity contribution in [3.63, 3.8) is 0 Å². The maximum absolute atomic E-state index is 5.50. The van der Waals surface area contributed by atoms with Gasteiger partial charge in [-0.1, -0.05) is 0 Å². The molecule has 2 aromatic heterocycles. The third-order valence-electron chi connectivity index (χ3n) is 3.47. The van der Waals surface area contributed by atoms with Crippen LogP contribution in [0.5, 0.6) is 11.5 Å². The molecular formula is C17H15N3O3S. The molecule has 0 amide bonds. The molecule has 1 aliphatic rings. The van der Waals surface area contributed by atoms with Crippen LogP contribution in [-0.4, -0.2) is 24.2 Å². The highest BCUT2D eigenvalue weighted by atomic mass is 32.1. The van der Waals surface area contributed by atoms with Crippen LogP contribution in [0.1, 0.15) is 12.5 Å². The van der Waals surface area contributed by atoms with Crippen LogP contribution in [0.15, 0.2) is 56.5 Å². The Labute approximate surface area is 142 Å². The minimum atomic E-state index is 0.261. The first-order chi connectivity index (χ1) is 11.8. The van der Waals surface area contributed by atoms with Crippen LogP contribution in [0.3, 0.4) is 0 Å². The molecule has 1 aliphatic heterocycles. The van der Waals surface area contributed by atoms with Gasteiger partial charge in [-0.05, 0) is 42.8 Å². The van der Waals surface area contributed by atoms with Gasteiger partial charge in [-0.25, -0.2) is 4.68 Å². The molecule has 4 rings (SSSR count). The topological polar surface area (TPSA) is 61.2 Å². The zero-order valence-corrected chi connectivity index (χ0v) is 13.8. The van der Waals surface area contributed by atoms with E-state index in [1.165, 1.54) is 11.3 Å². The van der Waals surface area contributed by atoms with Gasteiger partial charge in [0.2, 0.25) is 11.6 Å². The Morgan fingerprint density at radius 2 is 2.17 bits per heavy atom. The summed E-state index contributed by atoms with van der Waals surface area (Å²) in [5, 5.41) is 6.58. The average molecular weight is 341 g/mol. The molecule has 0 saturated carbocycles. The first-order valence-electron chi connectivity index (χ1n) is 7.54. The Balaban J connectivity index is 1.73. The van der Waals surface area contributed by atoms with Gasteiger partial charge in [0.05, 0.1) is 12.5 Å². The summed E-state index contributed by atoms with van der Waals surface area (Å²) in [6.45, 7) is 2.95. The van der Waals surface area contributed by atoms with E-state index in [1.807, 2.05) is 42.6 Å². The minimum Gasteiger partial charge on any atom is -0.463 e. The molecule has 0 spiro atoms. The molecule has 7 heteroatoms. The van der Waals surface area contributed by atoms with Gasteiger partial charge in [-0.3, -0.25) is 4.99 Å². The van der Waals surface area contributed by atoms with E-state index >= 15 is 0 Å². The summed E-state index contributed by atoms with van der Waals surface area (Å²) in [7, 11) is 0. The lowest BCUT2D eigenvalue weighted by atomic mass is 10.2. The van der Waals surface area contributed by atoms with Gasteiger partial charge in [0, 0.05) is 11.9 Å². The number of ether oxygens (including phenoxy) is 2. The van der Waals surface area contributed by atoms with E-state index in [0.717, 1.165) is 33.3 Å². The standard InChI is InChI=1S/C17H15N3O3S/c1-2-18-17-20(13(10-24-17)14-4-3-7-21-14)19-9-12-5-6-15-16(8-12)23-11-22-15/h3-10H,2,11H2,1H3/b18-17?,19-9+. The van der Waals surface area contributed by atoms with Crippen molar-refractivity contribution in [1.82, 2.24) is 4.68 Å². The molecule has 0 N–H and O–H groups in total. The van der Waals surface area contributed by atoms with Gasteiger partial charge in [-0.2, -0.15) is 5.10 Å². The molecule has 0 unspecified atom stereocenters. The minimum absolute atomic E-state index is 0.261. The number of benzene rings is 1. The molecule has 0 radical (unpaired) electrons. The van der Waals surface area contributed by atoms with Crippen LogP contribution in [0.2, 0.25) is 0 Å². The molecule has 0 saturated heterocycles. The van der Waals surface area contributed by atoms with Crippen molar-refractivity contribution in [2.45, 2.75) is 6.92 Å². The van der Waals surface area contributed by atoms with E-state index in [9.17, 15) is 0 Å². The van der Waals surface area contributed by atoms with Crippen LogP contribution in [0.25, 0.3) is 11.5 Å². The van der Waals surface area contributed by atoms with Crippen LogP contribution in [0.4, 0.5) is 0 Å². The SMILES string of the molecule is CCN=c1scc(-c2ccco2)n1/N=C/c1ccc2c(c1)OCO2. The lowest BCUT2D eigenvalue weighted by Crippen LogP contribution is -2.12. The normalized spacial score (nSPS) is 14.0. The van der Waals surface area contributed by atoms with E-state index in [0.29, 0.717) is 6.54 Å². The van der Waals surface area contributed by atoms with Gasteiger partial charge >= 0.3 is 0 Å². The lowest BCUT2D eigenvalue weighted by molar-refractivity contribution is 0.174. The second-order valence-electron chi connectivity index (χ2n) is 5.02. The fourth-order valence-corrected chi connectivity index (χ4v) is 3.25. The van der Waals surface area contributed by atoms with E-state index in [2.05, 4.69) is 10.1 Å². The highest BCUT2D eigenvalue weighted by molar-refractivity contribution is 7.07. The number of thiazole rings is 1. The molecule has 0 fully saturated rings. The van der Waals surface area contributed by atoms with Crippen molar-refractivity contribution in [1.29, 1.82) is 0 Å². The second-order valence-corrected chi connectivity index (χ2v) is 5.86. The molecular weight excluding hydrogens is 326 g/mol. The van der Waals surface area contributed by atoms with Crippen molar-refractivity contribution >= 4 is 17.6 Å². The van der Waals surface area contributed by atoms with E-state index in [1.54, 1.807) is 17.2 Å². The first kappa shape index (κ1) is 14.8. The summed E-state index contributed by atoms with van der Waals surface area (Å²) in [6.07, 6.45) is 3.42. The zero-order valence-electron chi connectivity index (χ0n) is 13.0. The highest BCUT2D eigenvalue weighted by Gasteiger charge is 2.13. The van der Waals surface area contributed by atoms with E-state index in [-0.39, 0.29) is 6.79 Å². The molecule has 3 aromatic rings. The van der Waals surface area contributed by atoms with Crippen molar-refractivity contribution in [3.05, 3.63) is 52.3 Å². The number of rotatable bonds is 4. The molecule has 0 aliphatic carbocycles. The van der Waals surface area contributed by atoms with Crippen molar-refractivity contribution in [3.8, 4) is 23.0 Å². The number of hydrogen-bond acceptors (Lipinski definition) is 6. The number of fused-ring (bicyclic) bond motifs is 1. The molecule has 6 nitrogen and oxygen atoms in total. The van der Waals surface area contributed by atoms with E-state index in [4.69, 9.17) is 13.9 Å². The van der Waals surface area contributed by atoms with Crippen LogP contribution >= 0.6 is 11.3 Å². The van der Waals surface area contributed by atoms with Gasteiger partial charge in [-0.15, -0.1) is 11.3 Å². The number of hydrogen-bond donors (Lipinski definition) is 0. The average Bonchev–Trinajstić information content (AvgIpc) is 3.33. The summed E-state index contributed by atoms with van der Waals surface area (Å²) in [4.78, 5) is 5.31. The van der Waals surface area contributed by atoms with E-state index < -0.39 is 0 Å². The maximum atomic E-state index is 5.50. The largest absolute Gasteiger partial charge is 0.463 e. The predicted octanol–water partition coefficient (Wildman–Crippen LogP) is 3.34. The van der Waals surface area contributed by atoms with Gasteiger partial charge in [0.15, 0.2) is 17.3 Å². The van der Waals surface area contributed by atoms with Crippen LogP contribution in [-0.2, 0) is 0 Å². The smallest absolute Gasteiger partial charge is 0.231 e. The van der Waals surface area contributed by atoms with Gasteiger partial charge in [0.1, 0.15) is 5.69 Å². The highest BCUT2D eigenvalue weighted by Crippen LogP contribution is 2.32. The number of furan rings is 1. The third-order valence-corrected chi connectivity index (χ3v) is 4.33. The fraction of sp³-hybridized carbons (Fsp3) is 0.176. The van der Waals surface area contributed by atoms with Crippen molar-refractivity contribution in [2.75, 3.05) is 13.3 Å². The molecule has 24 heavy (non-hydrogen) atoms. The molecule has 1 aromatic carbocycles. The predicted molar refractivity (Wildman–Crippen MR) is 91.7 cm³/mol. The van der Waals surface area contributed by atoms with Crippen LogP contribution in [0, 0.1) is 0 Å². The van der Waals surface area contributed by atoms with Crippen molar-refractivity contribution in [2.24, 2.45) is 10.1 Å². The maximum Gasteiger partial charge on any atom is 0.231 e. The zero-order chi connectivity index (χ0) is 16.4. The van der Waals surface area contributed by atoms with Gasteiger partial charge < -0.3 is 13.9 Å². The second kappa shape index (κ2) is 6.37. The Kier molecular flexibility index (Phi) is 3.92. The molecule has 122 valence electrons. The summed E-state index contributed by atoms with van der Waals surface area (Å²) in [5.41, 5.74) is 1.79. The number of aromatic nitrogens is 1. The quantitative estimate of drug-likeness (QED) is 0.684. The molecule has 0 atom stereocenters. The Hall–Kier alpha value is -2.80. The fourth-order valence-electron chi connectivity index (χ4n) is 2.37. The van der Waals surface area contributed by atoms with Crippen LogP contribution < -0.4 is 14.3 Å². The Morgan fingerprint density at radius 3 is 3.00 bits per heavy atom. The van der Waals surface area contributed by atoms with Gasteiger partial charge in [0.25, 0.3) is 0 Å². The summed E-state index contributed by atoms with van der Waals surface area (Å²) in [6, 6.07) is 9.49. The monoisotopic (exact) mass is 341 g/mol. The Morgan fingerprint density at radius 1 is 1.25 bits per heavy atom.